The van der Waals surface area contributed by atoms with Crippen LogP contribution in [-0.4, -0.2) is 15.9 Å². The van der Waals surface area contributed by atoms with E-state index in [0.29, 0.717) is 5.76 Å². The van der Waals surface area contributed by atoms with Crippen molar-refractivity contribution < 1.29 is 9.53 Å². The second-order valence-electron chi connectivity index (χ2n) is 3.17. The summed E-state index contributed by atoms with van der Waals surface area (Å²) >= 11 is 2.98. The lowest BCUT2D eigenvalue weighted by Crippen LogP contribution is -1.96. The SMILES string of the molecule is O=C1C=CC(=C(c2nccs2)c2nccs2)O1. The zero-order valence-electron chi connectivity index (χ0n) is 8.49. The van der Waals surface area contributed by atoms with E-state index in [9.17, 15) is 4.79 Å². The number of carbonyl (C=O) groups is 1. The van der Waals surface area contributed by atoms with E-state index in [0.717, 1.165) is 15.6 Å². The van der Waals surface area contributed by atoms with Gasteiger partial charge in [-0.1, -0.05) is 0 Å². The van der Waals surface area contributed by atoms with Crippen LogP contribution in [-0.2, 0) is 9.53 Å². The van der Waals surface area contributed by atoms with E-state index in [1.807, 2.05) is 10.8 Å². The quantitative estimate of drug-likeness (QED) is 0.780. The molecule has 0 saturated heterocycles. The molecule has 0 aromatic carbocycles. The fourth-order valence-corrected chi connectivity index (χ4v) is 2.89. The Morgan fingerprint density at radius 3 is 2.12 bits per heavy atom. The van der Waals surface area contributed by atoms with Gasteiger partial charge in [0.25, 0.3) is 0 Å². The van der Waals surface area contributed by atoms with Crippen molar-refractivity contribution in [2.24, 2.45) is 0 Å². The summed E-state index contributed by atoms with van der Waals surface area (Å²) in [5, 5.41) is 5.36. The van der Waals surface area contributed by atoms with Crippen LogP contribution in [0.4, 0.5) is 0 Å². The summed E-state index contributed by atoms with van der Waals surface area (Å²) in [6.45, 7) is 0. The highest BCUT2D eigenvalue weighted by Crippen LogP contribution is 2.32. The number of nitrogens with zero attached hydrogens (tertiary/aromatic N) is 2. The van der Waals surface area contributed by atoms with Gasteiger partial charge < -0.3 is 4.74 Å². The first kappa shape index (κ1) is 10.4. The molecule has 0 fully saturated rings. The van der Waals surface area contributed by atoms with Crippen molar-refractivity contribution in [2.45, 2.75) is 0 Å². The monoisotopic (exact) mass is 262 g/mol. The van der Waals surface area contributed by atoms with Crippen molar-refractivity contribution in [3.05, 3.63) is 51.1 Å². The van der Waals surface area contributed by atoms with Crippen LogP contribution < -0.4 is 0 Å². The first-order valence-corrected chi connectivity index (χ1v) is 6.54. The summed E-state index contributed by atoms with van der Waals surface area (Å²) in [5.74, 6) is 0.158. The Balaban J connectivity index is 2.16. The fraction of sp³-hybridized carbons (Fsp3) is 0. The molecule has 0 aliphatic carbocycles. The number of rotatable bonds is 2. The van der Waals surface area contributed by atoms with E-state index in [2.05, 4.69) is 9.97 Å². The highest BCUT2D eigenvalue weighted by molar-refractivity contribution is 7.13. The number of ether oxygens (including phenoxy) is 1. The zero-order chi connectivity index (χ0) is 11.7. The highest BCUT2D eigenvalue weighted by atomic mass is 32.1. The van der Waals surface area contributed by atoms with E-state index in [-0.39, 0.29) is 5.97 Å². The molecule has 0 spiro atoms. The third-order valence-electron chi connectivity index (χ3n) is 2.12. The number of cyclic esters (lactones) is 1. The molecule has 3 heterocycles. The molecule has 0 amide bonds. The van der Waals surface area contributed by atoms with Gasteiger partial charge in [-0.3, -0.25) is 0 Å². The van der Waals surface area contributed by atoms with Crippen molar-refractivity contribution >= 4 is 34.2 Å². The standard InChI is InChI=1S/C11H6N2O2S2/c14-8-2-1-7(15-8)9(10-12-3-5-16-10)11-13-4-6-17-11/h1-6H. The number of aromatic nitrogens is 2. The summed E-state index contributed by atoms with van der Waals surface area (Å²) in [4.78, 5) is 19.6. The topological polar surface area (TPSA) is 52.1 Å². The summed E-state index contributed by atoms with van der Waals surface area (Å²) in [6, 6.07) is 0. The molecule has 2 aromatic rings. The molecule has 0 bridgehead atoms. The van der Waals surface area contributed by atoms with Crippen LogP contribution in [0, 0.1) is 0 Å². The minimum absolute atomic E-state index is 0.356. The van der Waals surface area contributed by atoms with E-state index < -0.39 is 0 Å². The van der Waals surface area contributed by atoms with Gasteiger partial charge in [-0.25, -0.2) is 14.8 Å². The average molecular weight is 262 g/mol. The van der Waals surface area contributed by atoms with Crippen molar-refractivity contribution in [3.8, 4) is 0 Å². The Morgan fingerprint density at radius 1 is 1.06 bits per heavy atom. The largest absolute Gasteiger partial charge is 0.422 e. The van der Waals surface area contributed by atoms with Crippen LogP contribution >= 0.6 is 22.7 Å². The molecule has 1 aliphatic heterocycles. The number of allylic oxidation sites excluding steroid dienone is 1. The second kappa shape index (κ2) is 4.23. The zero-order valence-corrected chi connectivity index (χ0v) is 10.1. The molecule has 2 aromatic heterocycles. The maximum Gasteiger partial charge on any atom is 0.336 e. The van der Waals surface area contributed by atoms with Crippen LogP contribution in [0.3, 0.4) is 0 Å². The summed E-state index contributed by atoms with van der Waals surface area (Å²) < 4.78 is 5.13. The summed E-state index contributed by atoms with van der Waals surface area (Å²) in [6.07, 6.45) is 6.49. The Bertz CT molecular complexity index is 561. The lowest BCUT2D eigenvalue weighted by atomic mass is 10.2. The van der Waals surface area contributed by atoms with E-state index in [1.54, 1.807) is 18.5 Å². The van der Waals surface area contributed by atoms with Crippen molar-refractivity contribution in [2.75, 3.05) is 0 Å². The van der Waals surface area contributed by atoms with Gasteiger partial charge in [-0.2, -0.15) is 0 Å². The summed E-state index contributed by atoms with van der Waals surface area (Å²) in [5.41, 5.74) is 0.775. The number of hydrogen-bond donors (Lipinski definition) is 0. The Hall–Kier alpha value is -1.79. The molecular weight excluding hydrogens is 256 g/mol. The van der Waals surface area contributed by atoms with E-state index in [4.69, 9.17) is 4.74 Å². The number of hydrogen-bond acceptors (Lipinski definition) is 6. The molecule has 6 heteroatoms. The first-order valence-electron chi connectivity index (χ1n) is 4.78. The normalized spacial score (nSPS) is 14.1. The first-order chi connectivity index (χ1) is 8.34. The number of carbonyl (C=O) groups excluding carboxylic acids is 1. The van der Waals surface area contributed by atoms with Gasteiger partial charge in [-0.05, 0) is 6.08 Å². The van der Waals surface area contributed by atoms with Gasteiger partial charge in [0.05, 0.1) is 5.57 Å². The second-order valence-corrected chi connectivity index (χ2v) is 4.96. The average Bonchev–Trinajstić information content (AvgIpc) is 3.02. The third kappa shape index (κ3) is 1.92. The van der Waals surface area contributed by atoms with Crippen LogP contribution in [0.1, 0.15) is 10.0 Å². The van der Waals surface area contributed by atoms with Crippen molar-refractivity contribution in [1.82, 2.24) is 9.97 Å². The third-order valence-corrected chi connectivity index (χ3v) is 3.70. The lowest BCUT2D eigenvalue weighted by molar-refractivity contribution is -0.132. The number of esters is 1. The molecule has 0 radical (unpaired) electrons. The predicted molar refractivity (Wildman–Crippen MR) is 65.5 cm³/mol. The maximum atomic E-state index is 11.1. The minimum atomic E-state index is -0.356. The molecule has 1 aliphatic rings. The molecule has 0 N–H and O–H groups in total. The Morgan fingerprint density at radius 2 is 1.71 bits per heavy atom. The van der Waals surface area contributed by atoms with Gasteiger partial charge in [-0.15, -0.1) is 22.7 Å². The van der Waals surface area contributed by atoms with Crippen LogP contribution in [0.25, 0.3) is 5.57 Å². The van der Waals surface area contributed by atoms with Gasteiger partial charge in [0.1, 0.15) is 15.8 Å². The lowest BCUT2D eigenvalue weighted by Gasteiger charge is -2.03. The maximum absolute atomic E-state index is 11.1. The van der Waals surface area contributed by atoms with Crippen LogP contribution in [0.15, 0.2) is 41.1 Å². The smallest absolute Gasteiger partial charge is 0.336 e. The highest BCUT2D eigenvalue weighted by Gasteiger charge is 2.21. The predicted octanol–water partition coefficient (Wildman–Crippen LogP) is 2.47. The van der Waals surface area contributed by atoms with Crippen molar-refractivity contribution in [3.63, 3.8) is 0 Å². The Labute approximate surface area is 105 Å². The minimum Gasteiger partial charge on any atom is -0.422 e. The van der Waals surface area contributed by atoms with Gasteiger partial charge in [0.15, 0.2) is 0 Å². The molecular formula is C11H6N2O2S2. The molecule has 0 atom stereocenters. The summed E-state index contributed by atoms with van der Waals surface area (Å²) in [7, 11) is 0. The van der Waals surface area contributed by atoms with Crippen LogP contribution in [0.2, 0.25) is 0 Å². The number of thiazole rings is 2. The molecule has 84 valence electrons. The fourth-order valence-electron chi connectivity index (χ4n) is 1.45. The van der Waals surface area contributed by atoms with Gasteiger partial charge >= 0.3 is 5.97 Å². The van der Waals surface area contributed by atoms with E-state index >= 15 is 0 Å². The van der Waals surface area contributed by atoms with E-state index in [1.165, 1.54) is 28.7 Å². The Kier molecular flexibility index (Phi) is 2.58. The molecule has 17 heavy (non-hydrogen) atoms. The molecule has 0 saturated carbocycles. The van der Waals surface area contributed by atoms with Gasteiger partial charge in [0, 0.05) is 29.2 Å². The molecule has 4 nitrogen and oxygen atoms in total. The van der Waals surface area contributed by atoms with Crippen molar-refractivity contribution in [1.29, 1.82) is 0 Å². The molecule has 3 rings (SSSR count). The van der Waals surface area contributed by atoms with Crippen LogP contribution in [0.5, 0.6) is 0 Å². The molecule has 0 unspecified atom stereocenters. The van der Waals surface area contributed by atoms with Gasteiger partial charge in [0.2, 0.25) is 0 Å².